The third-order valence-electron chi connectivity index (χ3n) is 2.21. The van der Waals surface area contributed by atoms with Gasteiger partial charge >= 0.3 is 0 Å². The quantitative estimate of drug-likeness (QED) is 0.471. The molecule has 1 rings (SSSR count). The van der Waals surface area contributed by atoms with E-state index >= 15 is 0 Å². The van der Waals surface area contributed by atoms with Crippen LogP contribution in [0, 0.1) is 17.0 Å². The van der Waals surface area contributed by atoms with Crippen LogP contribution in [0.2, 0.25) is 0 Å². The molecule has 0 fully saturated rings. The number of hydrogen-bond acceptors (Lipinski definition) is 5. The van der Waals surface area contributed by atoms with Crippen molar-refractivity contribution in [3.05, 3.63) is 33.9 Å². The molecule has 0 aromatic heterocycles. The summed E-state index contributed by atoms with van der Waals surface area (Å²) in [6.07, 6.45) is 0.273. The number of nitrogens with two attached hydrogens (primary N) is 1. The average Bonchev–Trinajstić information content (AvgIpc) is 2.22. The van der Waals surface area contributed by atoms with Crippen molar-refractivity contribution in [2.45, 2.75) is 13.3 Å². The number of ether oxygens (including phenoxy) is 1. The lowest BCUT2D eigenvalue weighted by Gasteiger charge is -2.06. The molecule has 8 heteroatoms. The number of rotatable bonds is 6. The first-order chi connectivity index (χ1) is 8.29. The fraction of sp³-hybridized carbons (Fsp3) is 0.400. The fourth-order valence-electron chi connectivity index (χ4n) is 1.37. The number of hydrogen-bond donors (Lipinski definition) is 1. The molecule has 0 aliphatic heterocycles. The fourth-order valence-corrected chi connectivity index (χ4v) is 1.89. The predicted molar refractivity (Wildman–Crippen MR) is 65.9 cm³/mol. The third-order valence-corrected chi connectivity index (χ3v) is 3.06. The Labute approximate surface area is 105 Å². The minimum absolute atomic E-state index is 0.0203. The lowest BCUT2D eigenvalue weighted by atomic mass is 10.2. The summed E-state index contributed by atoms with van der Waals surface area (Å²) in [5.74, 6) is 0.311. The molecule has 0 unspecified atom stereocenters. The zero-order valence-electron chi connectivity index (χ0n) is 9.83. The second-order valence-electron chi connectivity index (χ2n) is 3.77. The molecule has 1 aromatic rings. The zero-order chi connectivity index (χ0) is 13.8. The van der Waals surface area contributed by atoms with Crippen molar-refractivity contribution in [3.63, 3.8) is 0 Å². The van der Waals surface area contributed by atoms with Gasteiger partial charge in [-0.15, -0.1) is 0 Å². The van der Waals surface area contributed by atoms with Crippen molar-refractivity contribution in [2.24, 2.45) is 5.14 Å². The van der Waals surface area contributed by atoms with E-state index < -0.39 is 14.9 Å². The van der Waals surface area contributed by atoms with Gasteiger partial charge in [0.25, 0.3) is 5.69 Å². The van der Waals surface area contributed by atoms with Crippen molar-refractivity contribution >= 4 is 15.7 Å². The van der Waals surface area contributed by atoms with Gasteiger partial charge < -0.3 is 4.74 Å². The normalized spacial score (nSPS) is 11.2. The van der Waals surface area contributed by atoms with Gasteiger partial charge in [0.05, 0.1) is 17.3 Å². The van der Waals surface area contributed by atoms with E-state index in [1.165, 1.54) is 18.2 Å². The predicted octanol–water partition coefficient (Wildman–Crippen LogP) is 0.961. The Bertz CT molecular complexity index is 541. The Morgan fingerprint density at radius 2 is 2.11 bits per heavy atom. The highest BCUT2D eigenvalue weighted by Gasteiger charge is 2.10. The molecular formula is C10H14N2O5S. The number of aryl methyl sites for hydroxylation is 1. The largest absolute Gasteiger partial charge is 0.494 e. The molecule has 0 saturated carbocycles. The smallest absolute Gasteiger partial charge is 0.272 e. The van der Waals surface area contributed by atoms with Crippen LogP contribution < -0.4 is 9.88 Å². The molecule has 18 heavy (non-hydrogen) atoms. The standard InChI is InChI=1S/C10H14N2O5S/c1-8-7-9(3-4-10(8)12(13)14)17-5-2-6-18(11,15)16/h3-4,7H,2,5-6H2,1H3,(H2,11,15,16). The maximum atomic E-state index is 10.7. The molecule has 0 heterocycles. The van der Waals surface area contributed by atoms with Crippen LogP contribution in [0.25, 0.3) is 0 Å². The number of primary sulfonamides is 1. The summed E-state index contributed by atoms with van der Waals surface area (Å²) in [6, 6.07) is 4.36. The van der Waals surface area contributed by atoms with Gasteiger partial charge in [0.15, 0.2) is 0 Å². The summed E-state index contributed by atoms with van der Waals surface area (Å²) >= 11 is 0. The molecule has 0 bridgehead atoms. The minimum Gasteiger partial charge on any atom is -0.494 e. The Morgan fingerprint density at radius 3 is 2.61 bits per heavy atom. The molecule has 2 N–H and O–H groups in total. The molecule has 0 atom stereocenters. The first-order valence-corrected chi connectivity index (χ1v) is 6.89. The van der Waals surface area contributed by atoms with Crippen LogP contribution in [-0.2, 0) is 10.0 Å². The van der Waals surface area contributed by atoms with Gasteiger partial charge in [-0.3, -0.25) is 10.1 Å². The number of sulfonamides is 1. The van der Waals surface area contributed by atoms with Crippen molar-refractivity contribution in [3.8, 4) is 5.75 Å². The molecule has 0 saturated heterocycles. The molecule has 0 spiro atoms. The number of nitro benzene ring substituents is 1. The molecule has 7 nitrogen and oxygen atoms in total. The van der Waals surface area contributed by atoms with Gasteiger partial charge in [-0.25, -0.2) is 13.6 Å². The Hall–Kier alpha value is -1.67. The first-order valence-electron chi connectivity index (χ1n) is 5.18. The Balaban J connectivity index is 2.54. The first kappa shape index (κ1) is 14.4. The van der Waals surface area contributed by atoms with Crippen molar-refractivity contribution < 1.29 is 18.1 Å². The van der Waals surface area contributed by atoms with Gasteiger partial charge in [0.1, 0.15) is 5.75 Å². The van der Waals surface area contributed by atoms with E-state index in [9.17, 15) is 18.5 Å². The number of nitrogens with zero attached hydrogens (tertiary/aromatic N) is 1. The molecule has 0 radical (unpaired) electrons. The summed E-state index contributed by atoms with van der Waals surface area (Å²) in [6.45, 7) is 1.79. The van der Waals surface area contributed by atoms with E-state index in [1.54, 1.807) is 6.92 Å². The lowest BCUT2D eigenvalue weighted by Crippen LogP contribution is -2.18. The third kappa shape index (κ3) is 4.68. The highest BCUT2D eigenvalue weighted by atomic mass is 32.2. The molecular weight excluding hydrogens is 260 g/mol. The SMILES string of the molecule is Cc1cc(OCCCS(N)(=O)=O)ccc1[N+](=O)[O-]. The van der Waals surface area contributed by atoms with Crippen LogP contribution in [-0.4, -0.2) is 25.7 Å². The maximum Gasteiger partial charge on any atom is 0.272 e. The maximum absolute atomic E-state index is 10.7. The van der Waals surface area contributed by atoms with Crippen LogP contribution in [0.15, 0.2) is 18.2 Å². The number of benzene rings is 1. The van der Waals surface area contributed by atoms with Crippen LogP contribution in [0.5, 0.6) is 5.75 Å². The van der Waals surface area contributed by atoms with E-state index in [0.29, 0.717) is 11.3 Å². The van der Waals surface area contributed by atoms with Gasteiger partial charge in [0.2, 0.25) is 10.0 Å². The summed E-state index contributed by atoms with van der Waals surface area (Å²) in [4.78, 5) is 10.1. The average molecular weight is 274 g/mol. The molecule has 1 aromatic carbocycles. The molecule has 0 aliphatic carbocycles. The minimum atomic E-state index is -3.47. The van der Waals surface area contributed by atoms with E-state index in [4.69, 9.17) is 9.88 Å². The lowest BCUT2D eigenvalue weighted by molar-refractivity contribution is -0.385. The summed E-state index contributed by atoms with van der Waals surface area (Å²) in [7, 11) is -3.47. The second kappa shape index (κ2) is 5.78. The van der Waals surface area contributed by atoms with Gasteiger partial charge in [-0.05, 0) is 25.5 Å². The Kier molecular flexibility index (Phi) is 4.62. The molecule has 0 aliphatic rings. The highest BCUT2D eigenvalue weighted by Crippen LogP contribution is 2.22. The number of nitro groups is 1. The van der Waals surface area contributed by atoms with Crippen LogP contribution in [0.4, 0.5) is 5.69 Å². The summed E-state index contributed by atoms with van der Waals surface area (Å²) < 4.78 is 26.6. The summed E-state index contributed by atoms with van der Waals surface area (Å²) in [5.41, 5.74) is 0.510. The zero-order valence-corrected chi connectivity index (χ0v) is 10.6. The van der Waals surface area contributed by atoms with Crippen LogP contribution in [0.3, 0.4) is 0 Å². The Morgan fingerprint density at radius 1 is 1.44 bits per heavy atom. The summed E-state index contributed by atoms with van der Waals surface area (Å²) in [5, 5.41) is 15.4. The van der Waals surface area contributed by atoms with E-state index in [1.807, 2.05) is 0 Å². The molecule has 0 amide bonds. The van der Waals surface area contributed by atoms with E-state index in [2.05, 4.69) is 0 Å². The second-order valence-corrected chi connectivity index (χ2v) is 5.51. The van der Waals surface area contributed by atoms with Gasteiger partial charge in [0, 0.05) is 11.6 Å². The van der Waals surface area contributed by atoms with E-state index in [0.717, 1.165) is 0 Å². The van der Waals surface area contributed by atoms with Crippen molar-refractivity contribution in [1.29, 1.82) is 0 Å². The van der Waals surface area contributed by atoms with Crippen LogP contribution in [0.1, 0.15) is 12.0 Å². The topological polar surface area (TPSA) is 113 Å². The van der Waals surface area contributed by atoms with E-state index in [-0.39, 0.29) is 24.5 Å². The highest BCUT2D eigenvalue weighted by molar-refractivity contribution is 7.89. The molecule has 100 valence electrons. The van der Waals surface area contributed by atoms with Crippen molar-refractivity contribution in [2.75, 3.05) is 12.4 Å². The monoisotopic (exact) mass is 274 g/mol. The van der Waals surface area contributed by atoms with Gasteiger partial charge in [-0.2, -0.15) is 0 Å². The van der Waals surface area contributed by atoms with Crippen LogP contribution >= 0.6 is 0 Å². The van der Waals surface area contributed by atoms with Crippen molar-refractivity contribution in [1.82, 2.24) is 0 Å². The van der Waals surface area contributed by atoms with Gasteiger partial charge in [-0.1, -0.05) is 0 Å².